The highest BCUT2D eigenvalue weighted by Crippen LogP contribution is 2.33. The van der Waals surface area contributed by atoms with E-state index in [0.29, 0.717) is 0 Å². The van der Waals surface area contributed by atoms with Crippen LogP contribution in [0.15, 0.2) is 18.2 Å². The van der Waals surface area contributed by atoms with E-state index in [9.17, 15) is 4.39 Å². The number of anilines is 1. The molecule has 1 aromatic carbocycles. The summed E-state index contributed by atoms with van der Waals surface area (Å²) in [5.41, 5.74) is 2.01. The molecule has 1 N–H and O–H groups in total. The molecule has 0 saturated heterocycles. The lowest BCUT2D eigenvalue weighted by Gasteiger charge is -2.21. The molecule has 1 aliphatic heterocycles. The first-order valence-corrected chi connectivity index (χ1v) is 5.10. The van der Waals surface area contributed by atoms with Gasteiger partial charge in [0, 0.05) is 17.8 Å². The molecule has 1 aromatic rings. The number of rotatable bonds is 0. The van der Waals surface area contributed by atoms with E-state index in [2.05, 4.69) is 19.2 Å². The Hall–Kier alpha value is -1.05. The van der Waals surface area contributed by atoms with Crippen LogP contribution in [-0.2, 0) is 6.42 Å². The molecule has 0 aliphatic carbocycles. The maximum absolute atomic E-state index is 13.6. The fraction of sp³-hybridized carbons (Fsp3) is 0.500. The average Bonchev–Trinajstić information content (AvgIpc) is 2.24. The molecule has 0 unspecified atom stereocenters. The van der Waals surface area contributed by atoms with Crippen LogP contribution < -0.4 is 5.32 Å². The molecule has 1 nitrogen and oxygen atoms in total. The number of benzene rings is 1. The van der Waals surface area contributed by atoms with E-state index in [1.807, 2.05) is 6.07 Å². The topological polar surface area (TPSA) is 12.0 Å². The maximum Gasteiger partial charge on any atom is 0.128 e. The van der Waals surface area contributed by atoms with Crippen LogP contribution in [0.2, 0.25) is 0 Å². The predicted octanol–water partition coefficient (Wildman–Crippen LogP) is 3.21. The number of nitrogens with one attached hydrogen (secondary N) is 1. The molecular weight excluding hydrogens is 177 g/mol. The summed E-state index contributed by atoms with van der Waals surface area (Å²) in [5.74, 6) is -0.0787. The molecule has 0 amide bonds. The van der Waals surface area contributed by atoms with Gasteiger partial charge in [-0.25, -0.2) is 4.39 Å². The second kappa shape index (κ2) is 3.26. The Balaban J connectivity index is 2.43. The summed E-state index contributed by atoms with van der Waals surface area (Å²) in [4.78, 5) is 0. The number of hydrogen-bond donors (Lipinski definition) is 1. The highest BCUT2D eigenvalue weighted by atomic mass is 19.1. The molecule has 0 saturated carbocycles. The minimum absolute atomic E-state index is 0.0787. The summed E-state index contributed by atoms with van der Waals surface area (Å²) in [6.45, 7) is 5.32. The number of halogens is 1. The van der Waals surface area contributed by atoms with Gasteiger partial charge in [0.2, 0.25) is 0 Å². The van der Waals surface area contributed by atoms with Gasteiger partial charge in [-0.05, 0) is 30.4 Å². The largest absolute Gasteiger partial charge is 0.385 e. The number of fused-ring (bicyclic) bond motifs is 1. The first kappa shape index (κ1) is 9.50. The second-order valence-electron chi connectivity index (χ2n) is 4.78. The molecule has 2 rings (SSSR count). The van der Waals surface area contributed by atoms with Gasteiger partial charge in [-0.3, -0.25) is 0 Å². The van der Waals surface area contributed by atoms with Crippen molar-refractivity contribution in [2.45, 2.75) is 26.7 Å². The first-order chi connectivity index (χ1) is 6.58. The highest BCUT2D eigenvalue weighted by Gasteiger charge is 2.24. The molecule has 0 spiro atoms. The summed E-state index contributed by atoms with van der Waals surface area (Å²) in [7, 11) is 0. The smallest absolute Gasteiger partial charge is 0.128 e. The van der Waals surface area contributed by atoms with Gasteiger partial charge in [0.05, 0.1) is 0 Å². The lowest BCUT2D eigenvalue weighted by Crippen LogP contribution is -2.15. The molecule has 0 atom stereocenters. The molecule has 0 aromatic heterocycles. The van der Waals surface area contributed by atoms with E-state index >= 15 is 0 Å². The van der Waals surface area contributed by atoms with Crippen molar-refractivity contribution < 1.29 is 4.39 Å². The summed E-state index contributed by atoms with van der Waals surface area (Å²) >= 11 is 0. The summed E-state index contributed by atoms with van der Waals surface area (Å²) in [6, 6.07) is 5.27. The zero-order valence-electron chi connectivity index (χ0n) is 8.73. The standard InChI is InChI=1S/C12H16FN/c1-12(2)6-7-14-11-5-3-4-10(13)9(11)8-12/h3-5,14H,6-8H2,1-2H3. The van der Waals surface area contributed by atoms with Crippen molar-refractivity contribution in [3.8, 4) is 0 Å². The van der Waals surface area contributed by atoms with Crippen LogP contribution in [0.5, 0.6) is 0 Å². The molecule has 1 aliphatic rings. The summed E-state index contributed by atoms with van der Waals surface area (Å²) in [5, 5.41) is 3.28. The predicted molar refractivity (Wildman–Crippen MR) is 57.0 cm³/mol. The Morgan fingerprint density at radius 1 is 1.36 bits per heavy atom. The van der Waals surface area contributed by atoms with E-state index in [1.54, 1.807) is 12.1 Å². The number of hydrogen-bond acceptors (Lipinski definition) is 1. The Labute approximate surface area is 84.3 Å². The molecule has 1 heterocycles. The van der Waals surface area contributed by atoms with Crippen molar-refractivity contribution in [1.29, 1.82) is 0 Å². The quantitative estimate of drug-likeness (QED) is 0.667. The van der Waals surface area contributed by atoms with Crippen LogP contribution >= 0.6 is 0 Å². The van der Waals surface area contributed by atoms with Crippen molar-refractivity contribution in [2.24, 2.45) is 5.41 Å². The van der Waals surface area contributed by atoms with Crippen molar-refractivity contribution in [3.63, 3.8) is 0 Å². The van der Waals surface area contributed by atoms with E-state index in [4.69, 9.17) is 0 Å². The van der Waals surface area contributed by atoms with Gasteiger partial charge >= 0.3 is 0 Å². The normalized spacial score (nSPS) is 19.4. The van der Waals surface area contributed by atoms with Crippen LogP contribution in [0.4, 0.5) is 10.1 Å². The van der Waals surface area contributed by atoms with Crippen molar-refractivity contribution >= 4 is 5.69 Å². The molecule has 76 valence electrons. The Bertz CT molecular complexity index is 344. The zero-order valence-corrected chi connectivity index (χ0v) is 8.73. The molecule has 2 heteroatoms. The van der Waals surface area contributed by atoms with Gasteiger partial charge in [0.25, 0.3) is 0 Å². The molecule has 14 heavy (non-hydrogen) atoms. The average molecular weight is 193 g/mol. The van der Waals surface area contributed by atoms with E-state index in [-0.39, 0.29) is 11.2 Å². The third-order valence-electron chi connectivity index (χ3n) is 2.89. The fourth-order valence-corrected chi connectivity index (χ4v) is 2.01. The lowest BCUT2D eigenvalue weighted by molar-refractivity contribution is 0.344. The minimum atomic E-state index is -0.0787. The second-order valence-corrected chi connectivity index (χ2v) is 4.78. The van der Waals surface area contributed by atoms with E-state index < -0.39 is 0 Å². The first-order valence-electron chi connectivity index (χ1n) is 5.10. The Morgan fingerprint density at radius 2 is 2.14 bits per heavy atom. The molecule has 0 fully saturated rings. The van der Waals surface area contributed by atoms with Crippen LogP contribution in [0.25, 0.3) is 0 Å². The molecule has 0 bridgehead atoms. The van der Waals surface area contributed by atoms with E-state index in [0.717, 1.165) is 30.6 Å². The summed E-state index contributed by atoms with van der Waals surface area (Å²) in [6.07, 6.45) is 1.91. The third-order valence-corrected chi connectivity index (χ3v) is 2.89. The molecule has 0 radical (unpaired) electrons. The fourth-order valence-electron chi connectivity index (χ4n) is 2.01. The van der Waals surface area contributed by atoms with Gasteiger partial charge in [0.1, 0.15) is 5.82 Å². The van der Waals surface area contributed by atoms with Crippen LogP contribution in [0.1, 0.15) is 25.8 Å². The monoisotopic (exact) mass is 193 g/mol. The van der Waals surface area contributed by atoms with Gasteiger partial charge in [0.15, 0.2) is 0 Å². The van der Waals surface area contributed by atoms with Crippen molar-refractivity contribution in [3.05, 3.63) is 29.6 Å². The van der Waals surface area contributed by atoms with Gasteiger partial charge < -0.3 is 5.32 Å². The Morgan fingerprint density at radius 3 is 2.93 bits per heavy atom. The zero-order chi connectivity index (χ0) is 10.2. The van der Waals surface area contributed by atoms with Crippen LogP contribution in [-0.4, -0.2) is 6.54 Å². The Kier molecular flexibility index (Phi) is 2.22. The SMILES string of the molecule is CC1(C)CCNc2cccc(F)c2C1. The van der Waals surface area contributed by atoms with Crippen LogP contribution in [0.3, 0.4) is 0 Å². The van der Waals surface area contributed by atoms with E-state index in [1.165, 1.54) is 0 Å². The van der Waals surface area contributed by atoms with Crippen molar-refractivity contribution in [1.82, 2.24) is 0 Å². The van der Waals surface area contributed by atoms with Gasteiger partial charge in [-0.2, -0.15) is 0 Å². The maximum atomic E-state index is 13.6. The summed E-state index contributed by atoms with van der Waals surface area (Å²) < 4.78 is 13.6. The molecular formula is C12H16FN. The van der Waals surface area contributed by atoms with Crippen molar-refractivity contribution in [2.75, 3.05) is 11.9 Å². The van der Waals surface area contributed by atoms with Crippen LogP contribution in [0, 0.1) is 11.2 Å². The van der Waals surface area contributed by atoms with Gasteiger partial charge in [-0.1, -0.05) is 19.9 Å². The third kappa shape index (κ3) is 1.74. The highest BCUT2D eigenvalue weighted by molar-refractivity contribution is 5.53. The minimum Gasteiger partial charge on any atom is -0.385 e. The lowest BCUT2D eigenvalue weighted by atomic mass is 9.83. The van der Waals surface area contributed by atoms with Gasteiger partial charge in [-0.15, -0.1) is 0 Å².